The van der Waals surface area contributed by atoms with E-state index in [9.17, 15) is 0 Å². The molecule has 45 valence electrons. The summed E-state index contributed by atoms with van der Waals surface area (Å²) in [5.41, 5.74) is 0. The number of hydrogen-bond acceptors (Lipinski definition) is 1. The maximum absolute atomic E-state index is 3.66. The van der Waals surface area contributed by atoms with Gasteiger partial charge in [0.15, 0.2) is 0 Å². The highest BCUT2D eigenvalue weighted by atomic mass is 14.9. The molecule has 0 amide bonds. The van der Waals surface area contributed by atoms with Crippen LogP contribution in [0.5, 0.6) is 0 Å². The molecule has 8 heavy (non-hydrogen) atoms. The van der Waals surface area contributed by atoms with Gasteiger partial charge in [-0.15, -0.1) is 6.58 Å². The Morgan fingerprint density at radius 1 is 1.88 bits per heavy atom. The lowest BCUT2D eigenvalue weighted by molar-refractivity contribution is 0.671. The molecular formula is C7H12N. The molecule has 1 rings (SSSR count). The summed E-state index contributed by atoms with van der Waals surface area (Å²) < 4.78 is 0. The average molecular weight is 110 g/mol. The Labute approximate surface area is 50.8 Å². The fraction of sp³-hybridized carbons (Fsp3) is 0.571. The van der Waals surface area contributed by atoms with Gasteiger partial charge in [0.05, 0.1) is 0 Å². The van der Waals surface area contributed by atoms with Crippen LogP contribution in [0.3, 0.4) is 0 Å². The molecule has 1 aliphatic heterocycles. The van der Waals surface area contributed by atoms with Crippen LogP contribution in [0.1, 0.15) is 12.8 Å². The zero-order chi connectivity index (χ0) is 5.82. The van der Waals surface area contributed by atoms with Gasteiger partial charge in [0.1, 0.15) is 0 Å². The molecule has 1 heteroatoms. The predicted octanol–water partition coefficient (Wildman–Crippen LogP) is 1.13. The van der Waals surface area contributed by atoms with Gasteiger partial charge in [-0.2, -0.15) is 0 Å². The molecule has 0 aliphatic carbocycles. The van der Waals surface area contributed by atoms with E-state index in [2.05, 4.69) is 18.3 Å². The van der Waals surface area contributed by atoms with Crippen LogP contribution in [0.4, 0.5) is 0 Å². The Hall–Kier alpha value is -0.300. The Morgan fingerprint density at radius 3 is 3.25 bits per heavy atom. The van der Waals surface area contributed by atoms with Crippen molar-refractivity contribution in [1.29, 1.82) is 0 Å². The second kappa shape index (κ2) is 2.88. The molecule has 0 aromatic carbocycles. The van der Waals surface area contributed by atoms with Crippen LogP contribution in [0, 0.1) is 6.42 Å². The van der Waals surface area contributed by atoms with Crippen LogP contribution in [0.2, 0.25) is 0 Å². The van der Waals surface area contributed by atoms with Crippen LogP contribution in [-0.2, 0) is 0 Å². The highest BCUT2D eigenvalue weighted by molar-refractivity contribution is 4.93. The summed E-state index contributed by atoms with van der Waals surface area (Å²) in [5.74, 6) is 0. The quantitative estimate of drug-likeness (QED) is 0.525. The lowest BCUT2D eigenvalue weighted by atomic mass is 10.2. The highest BCUT2D eigenvalue weighted by Gasteiger charge is 2.10. The van der Waals surface area contributed by atoms with E-state index < -0.39 is 0 Å². The third-order valence-corrected chi connectivity index (χ3v) is 1.42. The van der Waals surface area contributed by atoms with E-state index in [1.165, 1.54) is 6.42 Å². The van der Waals surface area contributed by atoms with Crippen molar-refractivity contribution in [3.8, 4) is 0 Å². The molecule has 1 unspecified atom stereocenters. The molecule has 0 aromatic rings. The van der Waals surface area contributed by atoms with Gasteiger partial charge in [0.25, 0.3) is 0 Å². The molecule has 1 radical (unpaired) electrons. The molecule has 1 N–H and O–H groups in total. The SMILES string of the molecule is C=CCC1[CH]CCN1. The molecule has 1 atom stereocenters. The largest absolute Gasteiger partial charge is 0.313 e. The van der Waals surface area contributed by atoms with Crippen molar-refractivity contribution in [2.24, 2.45) is 0 Å². The topological polar surface area (TPSA) is 12.0 Å². The zero-order valence-corrected chi connectivity index (χ0v) is 5.06. The third-order valence-electron chi connectivity index (χ3n) is 1.42. The molecular weight excluding hydrogens is 98.1 g/mol. The maximum Gasteiger partial charge on any atom is 0.0133 e. The summed E-state index contributed by atoms with van der Waals surface area (Å²) in [5, 5.41) is 3.33. The predicted molar refractivity (Wildman–Crippen MR) is 35.5 cm³/mol. The minimum absolute atomic E-state index is 0.618. The van der Waals surface area contributed by atoms with Crippen molar-refractivity contribution in [1.82, 2.24) is 5.32 Å². The second-order valence-corrected chi connectivity index (χ2v) is 2.11. The lowest BCUT2D eigenvalue weighted by Gasteiger charge is -2.03. The van der Waals surface area contributed by atoms with E-state index in [-0.39, 0.29) is 0 Å². The van der Waals surface area contributed by atoms with Crippen LogP contribution >= 0.6 is 0 Å². The van der Waals surface area contributed by atoms with Crippen LogP contribution < -0.4 is 5.32 Å². The normalized spacial score (nSPS) is 28.2. The Balaban J connectivity index is 2.14. The fourth-order valence-corrected chi connectivity index (χ4v) is 0.996. The van der Waals surface area contributed by atoms with Crippen LogP contribution in [0.15, 0.2) is 12.7 Å². The van der Waals surface area contributed by atoms with Crippen LogP contribution in [-0.4, -0.2) is 12.6 Å². The molecule has 1 saturated heterocycles. The van der Waals surface area contributed by atoms with Gasteiger partial charge in [-0.3, -0.25) is 0 Å². The van der Waals surface area contributed by atoms with Crippen LogP contribution in [0.25, 0.3) is 0 Å². The van der Waals surface area contributed by atoms with Gasteiger partial charge in [-0.1, -0.05) is 6.08 Å². The van der Waals surface area contributed by atoms with Gasteiger partial charge < -0.3 is 5.32 Å². The van der Waals surface area contributed by atoms with E-state index in [1.54, 1.807) is 0 Å². The minimum atomic E-state index is 0.618. The fourth-order valence-electron chi connectivity index (χ4n) is 0.996. The van der Waals surface area contributed by atoms with E-state index in [0.717, 1.165) is 13.0 Å². The van der Waals surface area contributed by atoms with Crippen molar-refractivity contribution >= 4 is 0 Å². The summed E-state index contributed by atoms with van der Waals surface area (Å²) in [7, 11) is 0. The first kappa shape index (κ1) is 5.83. The van der Waals surface area contributed by atoms with Crippen molar-refractivity contribution < 1.29 is 0 Å². The van der Waals surface area contributed by atoms with Gasteiger partial charge >= 0.3 is 0 Å². The molecule has 1 heterocycles. The smallest absolute Gasteiger partial charge is 0.0133 e. The second-order valence-electron chi connectivity index (χ2n) is 2.11. The Kier molecular flexibility index (Phi) is 2.10. The average Bonchev–Trinajstić information content (AvgIpc) is 2.19. The summed E-state index contributed by atoms with van der Waals surface area (Å²) >= 11 is 0. The monoisotopic (exact) mass is 110 g/mol. The number of rotatable bonds is 2. The van der Waals surface area contributed by atoms with Crippen molar-refractivity contribution in [3.05, 3.63) is 19.1 Å². The first-order chi connectivity index (χ1) is 3.93. The standard InChI is InChI=1S/C7H12N/c1-2-4-7-5-3-6-8-7/h2,5,7-8H,1,3-4,6H2. The maximum atomic E-state index is 3.66. The molecule has 0 aromatic heterocycles. The van der Waals surface area contributed by atoms with Crippen molar-refractivity contribution in [3.63, 3.8) is 0 Å². The number of hydrogen-bond donors (Lipinski definition) is 1. The molecule has 0 saturated carbocycles. The van der Waals surface area contributed by atoms with Crippen molar-refractivity contribution in [2.75, 3.05) is 6.54 Å². The first-order valence-electron chi connectivity index (χ1n) is 3.11. The molecule has 1 nitrogen and oxygen atoms in total. The summed E-state index contributed by atoms with van der Waals surface area (Å²) in [6.07, 6.45) is 6.57. The third kappa shape index (κ3) is 1.34. The van der Waals surface area contributed by atoms with Gasteiger partial charge in [0, 0.05) is 6.04 Å². The number of nitrogens with one attached hydrogen (secondary N) is 1. The van der Waals surface area contributed by atoms with E-state index >= 15 is 0 Å². The van der Waals surface area contributed by atoms with Gasteiger partial charge in [-0.25, -0.2) is 0 Å². The molecule has 0 spiro atoms. The molecule has 0 bridgehead atoms. The lowest BCUT2D eigenvalue weighted by Crippen LogP contribution is -2.20. The van der Waals surface area contributed by atoms with E-state index in [1.807, 2.05) is 6.08 Å². The van der Waals surface area contributed by atoms with E-state index in [4.69, 9.17) is 0 Å². The minimum Gasteiger partial charge on any atom is -0.313 e. The summed E-state index contributed by atoms with van der Waals surface area (Å²) in [4.78, 5) is 0. The first-order valence-corrected chi connectivity index (χ1v) is 3.11. The summed E-state index contributed by atoms with van der Waals surface area (Å²) in [6.45, 7) is 4.82. The highest BCUT2D eigenvalue weighted by Crippen LogP contribution is 2.06. The Morgan fingerprint density at radius 2 is 2.75 bits per heavy atom. The van der Waals surface area contributed by atoms with Crippen molar-refractivity contribution in [2.45, 2.75) is 18.9 Å². The molecule has 1 aliphatic rings. The Bertz CT molecular complexity index is 72.5. The van der Waals surface area contributed by atoms with E-state index in [0.29, 0.717) is 6.04 Å². The van der Waals surface area contributed by atoms with Gasteiger partial charge in [0.2, 0.25) is 0 Å². The summed E-state index contributed by atoms with van der Waals surface area (Å²) in [6, 6.07) is 0.618. The van der Waals surface area contributed by atoms with Gasteiger partial charge in [-0.05, 0) is 25.8 Å². The molecule has 1 fully saturated rings. The zero-order valence-electron chi connectivity index (χ0n) is 5.06.